The Bertz CT molecular complexity index is 1160. The molecule has 0 spiro atoms. The molecule has 0 aromatic heterocycles. The van der Waals surface area contributed by atoms with Crippen LogP contribution in [0.5, 0.6) is 0 Å². The van der Waals surface area contributed by atoms with Crippen LogP contribution < -0.4 is 0 Å². The van der Waals surface area contributed by atoms with Crippen molar-refractivity contribution in [3.8, 4) is 0 Å². The molecule has 0 heterocycles. The van der Waals surface area contributed by atoms with E-state index in [1.165, 1.54) is 0 Å². The highest BCUT2D eigenvalue weighted by Gasteiger charge is 2.29. The van der Waals surface area contributed by atoms with Crippen LogP contribution in [-0.4, -0.2) is 37.5 Å². The number of rotatable bonds is 10. The lowest BCUT2D eigenvalue weighted by Gasteiger charge is -2.30. The SMILES string of the molecule is CC(C)(C)c1ccc(C(=O)OOOC(=O)OCC2CCCCC2COC(=O)OOOC(=O)c2ccc(C(C)(C)C)cc2)cc1. The normalized spacial score (nSPS) is 16.8. The molecule has 44 heavy (non-hydrogen) atoms. The monoisotopic (exact) mass is 616 g/mol. The summed E-state index contributed by atoms with van der Waals surface area (Å²) in [5, 5.41) is 8.59. The van der Waals surface area contributed by atoms with E-state index < -0.39 is 24.2 Å². The van der Waals surface area contributed by atoms with Crippen molar-refractivity contribution in [2.45, 2.75) is 78.1 Å². The van der Waals surface area contributed by atoms with Crippen LogP contribution in [-0.2, 0) is 49.9 Å². The van der Waals surface area contributed by atoms with Crippen molar-refractivity contribution >= 4 is 24.2 Å². The maximum atomic E-state index is 12.1. The molecule has 1 fully saturated rings. The minimum absolute atomic E-state index is 0.0460. The van der Waals surface area contributed by atoms with Gasteiger partial charge in [0.05, 0.1) is 34.4 Å². The second kappa shape index (κ2) is 15.5. The van der Waals surface area contributed by atoms with Gasteiger partial charge in [0.1, 0.15) is 0 Å². The van der Waals surface area contributed by atoms with E-state index in [1.807, 2.05) is 41.5 Å². The molecule has 1 aliphatic rings. The fraction of sp³-hybridized carbons (Fsp3) is 0.500. The maximum absolute atomic E-state index is 12.1. The third kappa shape index (κ3) is 10.8. The molecular formula is C32H40O12. The molecule has 240 valence electrons. The summed E-state index contributed by atoms with van der Waals surface area (Å²) in [7, 11) is 0. The number of hydrogen-bond acceptors (Lipinski definition) is 12. The highest BCUT2D eigenvalue weighted by atomic mass is 17.5. The zero-order valence-electron chi connectivity index (χ0n) is 25.9. The van der Waals surface area contributed by atoms with Crippen LogP contribution in [0.25, 0.3) is 0 Å². The van der Waals surface area contributed by atoms with Crippen molar-refractivity contribution in [3.63, 3.8) is 0 Å². The Hall–Kier alpha value is -4.16. The molecular weight excluding hydrogens is 576 g/mol. The molecule has 0 aliphatic heterocycles. The van der Waals surface area contributed by atoms with E-state index in [9.17, 15) is 19.2 Å². The molecule has 2 unspecified atom stereocenters. The fourth-order valence-electron chi connectivity index (χ4n) is 4.58. The van der Waals surface area contributed by atoms with Gasteiger partial charge in [-0.2, -0.15) is 0 Å². The van der Waals surface area contributed by atoms with Gasteiger partial charge in [0.2, 0.25) is 0 Å². The molecule has 2 atom stereocenters. The van der Waals surface area contributed by atoms with Gasteiger partial charge >= 0.3 is 24.2 Å². The third-order valence-corrected chi connectivity index (χ3v) is 7.29. The van der Waals surface area contributed by atoms with Crippen molar-refractivity contribution in [3.05, 3.63) is 70.8 Å². The Balaban J connectivity index is 1.33. The van der Waals surface area contributed by atoms with Gasteiger partial charge < -0.3 is 9.47 Å². The summed E-state index contributed by atoms with van der Waals surface area (Å²) in [5.41, 5.74) is 2.34. The van der Waals surface area contributed by atoms with Crippen molar-refractivity contribution in [2.24, 2.45) is 11.8 Å². The van der Waals surface area contributed by atoms with Crippen LogP contribution in [0.4, 0.5) is 9.59 Å². The molecule has 0 radical (unpaired) electrons. The third-order valence-electron chi connectivity index (χ3n) is 7.29. The van der Waals surface area contributed by atoms with Gasteiger partial charge in [-0.05, 0) is 70.9 Å². The highest BCUT2D eigenvalue weighted by molar-refractivity contribution is 5.89. The first-order chi connectivity index (χ1) is 20.7. The van der Waals surface area contributed by atoms with Crippen LogP contribution in [0.1, 0.15) is 99.1 Å². The minimum atomic E-state index is -1.20. The second-order valence-electron chi connectivity index (χ2n) is 12.6. The second-order valence-corrected chi connectivity index (χ2v) is 12.6. The van der Waals surface area contributed by atoms with Crippen LogP contribution in [0.3, 0.4) is 0 Å². The van der Waals surface area contributed by atoms with Gasteiger partial charge in [0.15, 0.2) is 0 Å². The van der Waals surface area contributed by atoms with Gasteiger partial charge in [-0.25, -0.2) is 29.0 Å². The van der Waals surface area contributed by atoms with E-state index in [-0.39, 0.29) is 47.0 Å². The first-order valence-electron chi connectivity index (χ1n) is 14.4. The summed E-state index contributed by atoms with van der Waals surface area (Å²) in [6.07, 6.45) is 0.796. The maximum Gasteiger partial charge on any atom is 0.543 e. The molecule has 0 saturated heterocycles. The number of benzene rings is 2. The molecule has 3 rings (SSSR count). The zero-order chi connectivity index (χ0) is 32.3. The molecule has 2 aromatic rings. The zero-order valence-corrected chi connectivity index (χ0v) is 25.9. The molecule has 2 aromatic carbocycles. The lowest BCUT2D eigenvalue weighted by Crippen LogP contribution is -2.30. The molecule has 12 nitrogen and oxygen atoms in total. The lowest BCUT2D eigenvalue weighted by atomic mass is 9.80. The van der Waals surface area contributed by atoms with Gasteiger partial charge in [-0.3, -0.25) is 9.78 Å². The summed E-state index contributed by atoms with van der Waals surface area (Å²) in [4.78, 5) is 65.9. The number of hydrogen-bond donors (Lipinski definition) is 0. The summed E-state index contributed by atoms with van der Waals surface area (Å²) in [6, 6.07) is 13.5. The highest BCUT2D eigenvalue weighted by Crippen LogP contribution is 2.31. The Morgan fingerprint density at radius 1 is 0.568 bits per heavy atom. The molecule has 0 amide bonds. The minimum Gasteiger partial charge on any atom is -0.432 e. The van der Waals surface area contributed by atoms with Crippen LogP contribution in [0.15, 0.2) is 48.5 Å². The first-order valence-corrected chi connectivity index (χ1v) is 14.4. The summed E-state index contributed by atoms with van der Waals surface area (Å²) in [6.45, 7) is 12.2. The predicted molar refractivity (Wildman–Crippen MR) is 154 cm³/mol. The van der Waals surface area contributed by atoms with E-state index in [2.05, 4.69) is 29.6 Å². The van der Waals surface area contributed by atoms with E-state index in [4.69, 9.17) is 9.47 Å². The van der Waals surface area contributed by atoms with Gasteiger partial charge in [0.25, 0.3) is 0 Å². The van der Waals surface area contributed by atoms with E-state index in [1.54, 1.807) is 48.5 Å². The molecule has 0 N–H and O–H groups in total. The average Bonchev–Trinajstić information content (AvgIpc) is 2.98. The van der Waals surface area contributed by atoms with Crippen molar-refractivity contribution in [1.82, 2.24) is 0 Å². The predicted octanol–water partition coefficient (Wildman–Crippen LogP) is 7.10. The standard InChI is InChI=1S/C32H40O12/c1-31(2,3)25-15-11-21(12-16-25)27(33)39-43-41-29(35)37-19-23-9-7-8-10-24(23)20-38-30(36)42-44-40-28(34)22-13-17-26(18-14-22)32(4,5)6/h11-18,23-24H,7-10,19-20H2,1-6H3. The van der Waals surface area contributed by atoms with Crippen molar-refractivity contribution < 1.29 is 58.3 Å². The summed E-state index contributed by atoms with van der Waals surface area (Å²) < 4.78 is 10.2. The number of ether oxygens (including phenoxy) is 2. The smallest absolute Gasteiger partial charge is 0.432 e. The van der Waals surface area contributed by atoms with Crippen LogP contribution in [0, 0.1) is 11.8 Å². The van der Waals surface area contributed by atoms with E-state index in [0.29, 0.717) is 12.8 Å². The Morgan fingerprint density at radius 3 is 1.23 bits per heavy atom. The van der Waals surface area contributed by atoms with Crippen molar-refractivity contribution in [2.75, 3.05) is 13.2 Å². The fourth-order valence-corrected chi connectivity index (χ4v) is 4.58. The first kappa shape index (κ1) is 34.3. The molecule has 1 aliphatic carbocycles. The van der Waals surface area contributed by atoms with Crippen LogP contribution >= 0.6 is 0 Å². The number of carbonyl (C=O) groups excluding carboxylic acids is 4. The lowest BCUT2D eigenvalue weighted by molar-refractivity contribution is -0.453. The van der Waals surface area contributed by atoms with Gasteiger partial charge in [-0.15, -0.1) is 0 Å². The Kier molecular flexibility index (Phi) is 12.1. The van der Waals surface area contributed by atoms with Crippen molar-refractivity contribution in [1.29, 1.82) is 0 Å². The Labute approximate surface area is 256 Å². The van der Waals surface area contributed by atoms with E-state index in [0.717, 1.165) is 24.0 Å². The quantitative estimate of drug-likeness (QED) is 0.153. The molecule has 0 bridgehead atoms. The topological polar surface area (TPSA) is 142 Å². The van der Waals surface area contributed by atoms with Gasteiger partial charge in [0, 0.05) is 0 Å². The largest absolute Gasteiger partial charge is 0.543 e. The average molecular weight is 617 g/mol. The molecule has 12 heteroatoms. The Morgan fingerprint density at radius 2 is 0.909 bits per heavy atom. The molecule has 1 saturated carbocycles. The summed E-state index contributed by atoms with van der Waals surface area (Å²) in [5.74, 6) is -1.99. The van der Waals surface area contributed by atoms with E-state index >= 15 is 0 Å². The summed E-state index contributed by atoms with van der Waals surface area (Å²) >= 11 is 0. The number of carbonyl (C=O) groups is 4. The van der Waals surface area contributed by atoms with Crippen LogP contribution in [0.2, 0.25) is 0 Å². The van der Waals surface area contributed by atoms with Gasteiger partial charge in [-0.1, -0.05) is 78.6 Å².